The van der Waals surface area contributed by atoms with E-state index in [1.54, 1.807) is 7.11 Å². The summed E-state index contributed by atoms with van der Waals surface area (Å²) in [6.07, 6.45) is 3.09. The van der Waals surface area contributed by atoms with Crippen LogP contribution in [-0.2, 0) is 19.6 Å². The van der Waals surface area contributed by atoms with Crippen LogP contribution in [0.3, 0.4) is 0 Å². The van der Waals surface area contributed by atoms with Crippen LogP contribution in [0.25, 0.3) is 10.9 Å². The van der Waals surface area contributed by atoms with Gasteiger partial charge in [0, 0.05) is 18.3 Å². The molecular formula is C18H19NO2. The van der Waals surface area contributed by atoms with E-state index in [-0.39, 0.29) is 6.61 Å². The third-order valence-electron chi connectivity index (χ3n) is 3.82. The van der Waals surface area contributed by atoms with Crippen molar-refractivity contribution < 1.29 is 9.84 Å². The molecule has 108 valence electrons. The summed E-state index contributed by atoms with van der Waals surface area (Å²) in [5.74, 6) is 0.890. The maximum absolute atomic E-state index is 9.18. The Hall–Kier alpha value is -2.26. The molecule has 1 N–H and O–H groups in total. The number of aryl methyl sites for hydroxylation is 2. The Bertz CT molecular complexity index is 729. The lowest BCUT2D eigenvalue weighted by Crippen LogP contribution is -1.99. The Morgan fingerprint density at radius 3 is 2.48 bits per heavy atom. The Morgan fingerprint density at radius 1 is 1.00 bits per heavy atom. The maximum Gasteiger partial charge on any atom is 0.118 e. The summed E-state index contributed by atoms with van der Waals surface area (Å²) in [6.45, 7) is 1.03. The van der Waals surface area contributed by atoms with Crippen LogP contribution < -0.4 is 4.74 Å². The van der Waals surface area contributed by atoms with Crippen LogP contribution >= 0.6 is 0 Å². The fourth-order valence-corrected chi connectivity index (χ4v) is 2.58. The monoisotopic (exact) mass is 281 g/mol. The van der Waals surface area contributed by atoms with Gasteiger partial charge in [0.15, 0.2) is 0 Å². The summed E-state index contributed by atoms with van der Waals surface area (Å²) < 4.78 is 7.42. The quantitative estimate of drug-likeness (QED) is 0.778. The van der Waals surface area contributed by atoms with Crippen molar-refractivity contribution in [2.24, 2.45) is 0 Å². The summed E-state index contributed by atoms with van der Waals surface area (Å²) in [7, 11) is 1.68. The first kappa shape index (κ1) is 13.7. The lowest BCUT2D eigenvalue weighted by atomic mass is 10.1. The highest BCUT2D eigenvalue weighted by Gasteiger charge is 2.03. The van der Waals surface area contributed by atoms with Crippen molar-refractivity contribution in [3.63, 3.8) is 0 Å². The zero-order valence-corrected chi connectivity index (χ0v) is 12.1. The maximum atomic E-state index is 9.18. The van der Waals surface area contributed by atoms with Crippen molar-refractivity contribution in [2.75, 3.05) is 7.11 Å². The molecule has 2 aromatic carbocycles. The number of ether oxygens (including phenoxy) is 1. The molecule has 21 heavy (non-hydrogen) atoms. The van der Waals surface area contributed by atoms with E-state index in [9.17, 15) is 5.11 Å². The average molecular weight is 281 g/mol. The van der Waals surface area contributed by atoms with Crippen molar-refractivity contribution >= 4 is 10.9 Å². The number of aliphatic hydroxyl groups is 1. The molecule has 0 aliphatic rings. The minimum atomic E-state index is 0.0902. The largest absolute Gasteiger partial charge is 0.497 e. The van der Waals surface area contributed by atoms with Crippen LogP contribution in [0.5, 0.6) is 5.75 Å². The topological polar surface area (TPSA) is 34.4 Å². The van der Waals surface area contributed by atoms with Gasteiger partial charge in [0.2, 0.25) is 0 Å². The summed E-state index contributed by atoms with van der Waals surface area (Å²) in [5.41, 5.74) is 3.46. The van der Waals surface area contributed by atoms with Gasteiger partial charge in [-0.05, 0) is 53.3 Å². The van der Waals surface area contributed by atoms with Gasteiger partial charge in [-0.15, -0.1) is 0 Å². The molecule has 3 nitrogen and oxygen atoms in total. The third kappa shape index (κ3) is 2.93. The van der Waals surface area contributed by atoms with E-state index < -0.39 is 0 Å². The zero-order chi connectivity index (χ0) is 14.7. The van der Waals surface area contributed by atoms with E-state index in [0.29, 0.717) is 0 Å². The molecule has 0 saturated carbocycles. The standard InChI is InChI=1S/C18H19NO2/c1-21-17-5-2-14(3-6-17)8-10-19-11-9-16-12-15(13-20)4-7-18(16)19/h2-7,9,11-12,20H,8,10,13H2,1H3. The molecule has 0 amide bonds. The van der Waals surface area contributed by atoms with E-state index in [1.807, 2.05) is 24.3 Å². The third-order valence-corrected chi connectivity index (χ3v) is 3.82. The normalized spacial score (nSPS) is 11.0. The highest BCUT2D eigenvalue weighted by Crippen LogP contribution is 2.19. The lowest BCUT2D eigenvalue weighted by Gasteiger charge is -2.07. The molecule has 3 heteroatoms. The van der Waals surface area contributed by atoms with E-state index in [0.717, 1.165) is 24.3 Å². The van der Waals surface area contributed by atoms with Gasteiger partial charge in [-0.25, -0.2) is 0 Å². The first-order valence-corrected chi connectivity index (χ1v) is 7.12. The molecule has 3 aromatic rings. The molecule has 0 unspecified atom stereocenters. The molecule has 0 radical (unpaired) electrons. The fraction of sp³-hybridized carbons (Fsp3) is 0.222. The predicted molar refractivity (Wildman–Crippen MR) is 84.6 cm³/mol. The summed E-state index contributed by atoms with van der Waals surface area (Å²) >= 11 is 0. The summed E-state index contributed by atoms with van der Waals surface area (Å²) in [6, 6.07) is 16.4. The van der Waals surface area contributed by atoms with E-state index in [4.69, 9.17) is 4.74 Å². The zero-order valence-electron chi connectivity index (χ0n) is 12.1. The predicted octanol–water partition coefficient (Wildman–Crippen LogP) is 3.38. The van der Waals surface area contributed by atoms with Crippen molar-refractivity contribution in [3.05, 3.63) is 65.9 Å². The summed E-state index contributed by atoms with van der Waals surface area (Å²) in [5, 5.41) is 10.4. The average Bonchev–Trinajstić information content (AvgIpc) is 2.95. The Labute approximate surface area is 124 Å². The molecule has 0 aliphatic carbocycles. The number of hydrogen-bond donors (Lipinski definition) is 1. The minimum Gasteiger partial charge on any atom is -0.497 e. The van der Waals surface area contributed by atoms with Gasteiger partial charge in [0.1, 0.15) is 5.75 Å². The first-order valence-electron chi connectivity index (χ1n) is 7.12. The molecule has 3 rings (SSSR count). The lowest BCUT2D eigenvalue weighted by molar-refractivity contribution is 0.282. The number of methoxy groups -OCH3 is 1. The van der Waals surface area contributed by atoms with Gasteiger partial charge in [0.25, 0.3) is 0 Å². The second kappa shape index (κ2) is 6.02. The molecular weight excluding hydrogens is 262 g/mol. The van der Waals surface area contributed by atoms with Crippen LogP contribution in [-0.4, -0.2) is 16.8 Å². The van der Waals surface area contributed by atoms with Crippen LogP contribution in [0.2, 0.25) is 0 Å². The van der Waals surface area contributed by atoms with Gasteiger partial charge in [-0.2, -0.15) is 0 Å². The van der Waals surface area contributed by atoms with Gasteiger partial charge >= 0.3 is 0 Å². The van der Waals surface area contributed by atoms with Crippen LogP contribution in [0.1, 0.15) is 11.1 Å². The van der Waals surface area contributed by atoms with Crippen LogP contribution in [0.4, 0.5) is 0 Å². The Kier molecular flexibility index (Phi) is 3.93. The number of nitrogens with zero attached hydrogens (tertiary/aromatic N) is 1. The molecule has 0 bridgehead atoms. The van der Waals surface area contributed by atoms with Gasteiger partial charge in [0.05, 0.1) is 13.7 Å². The smallest absolute Gasteiger partial charge is 0.118 e. The van der Waals surface area contributed by atoms with Crippen molar-refractivity contribution in [1.29, 1.82) is 0 Å². The van der Waals surface area contributed by atoms with Crippen LogP contribution in [0, 0.1) is 0 Å². The van der Waals surface area contributed by atoms with E-state index in [2.05, 4.69) is 35.0 Å². The van der Waals surface area contributed by atoms with Crippen molar-refractivity contribution in [1.82, 2.24) is 4.57 Å². The van der Waals surface area contributed by atoms with Gasteiger partial charge < -0.3 is 14.4 Å². The van der Waals surface area contributed by atoms with E-state index >= 15 is 0 Å². The van der Waals surface area contributed by atoms with Gasteiger partial charge in [-0.3, -0.25) is 0 Å². The van der Waals surface area contributed by atoms with Crippen LogP contribution in [0.15, 0.2) is 54.7 Å². The highest BCUT2D eigenvalue weighted by atomic mass is 16.5. The molecule has 1 aromatic heterocycles. The number of aliphatic hydroxyl groups excluding tert-OH is 1. The molecule has 0 saturated heterocycles. The molecule has 1 heterocycles. The Balaban J connectivity index is 1.75. The first-order chi connectivity index (χ1) is 10.3. The Morgan fingerprint density at radius 2 is 1.76 bits per heavy atom. The molecule has 0 fully saturated rings. The number of benzene rings is 2. The second-order valence-electron chi connectivity index (χ2n) is 5.16. The van der Waals surface area contributed by atoms with Crippen molar-refractivity contribution in [2.45, 2.75) is 19.6 Å². The number of hydrogen-bond acceptors (Lipinski definition) is 2. The minimum absolute atomic E-state index is 0.0902. The van der Waals surface area contributed by atoms with Gasteiger partial charge in [-0.1, -0.05) is 18.2 Å². The molecule has 0 aliphatic heterocycles. The highest BCUT2D eigenvalue weighted by molar-refractivity contribution is 5.80. The van der Waals surface area contributed by atoms with Crippen molar-refractivity contribution in [3.8, 4) is 5.75 Å². The summed E-state index contributed by atoms with van der Waals surface area (Å²) in [4.78, 5) is 0. The molecule has 0 atom stereocenters. The van der Waals surface area contributed by atoms with E-state index in [1.165, 1.54) is 16.5 Å². The number of fused-ring (bicyclic) bond motifs is 1. The fourth-order valence-electron chi connectivity index (χ4n) is 2.58. The number of aromatic nitrogens is 1. The second-order valence-corrected chi connectivity index (χ2v) is 5.16. The SMILES string of the molecule is COc1ccc(CCn2ccc3cc(CO)ccc32)cc1. The number of rotatable bonds is 5. The molecule has 0 spiro atoms.